The fourth-order valence-electron chi connectivity index (χ4n) is 2.75. The molecule has 0 aliphatic heterocycles. The Bertz CT molecular complexity index is 540. The van der Waals surface area contributed by atoms with Gasteiger partial charge in [-0.05, 0) is 43.0 Å². The van der Waals surface area contributed by atoms with Crippen LogP contribution in [0.4, 0.5) is 0 Å². The van der Waals surface area contributed by atoms with Gasteiger partial charge in [0, 0.05) is 17.6 Å². The van der Waals surface area contributed by atoms with Gasteiger partial charge in [-0.2, -0.15) is 0 Å². The first-order chi connectivity index (χ1) is 9.38. The Balaban J connectivity index is 1.93. The molecule has 3 rings (SSSR count). The van der Waals surface area contributed by atoms with Gasteiger partial charge in [-0.25, -0.2) is 0 Å². The number of para-hydroxylation sites is 1. The number of nitrogens with one attached hydrogen (secondary N) is 1. The fraction of sp³-hybridized carbons (Fsp3) is 0.471. The summed E-state index contributed by atoms with van der Waals surface area (Å²) in [6, 6.07) is 11.2. The van der Waals surface area contributed by atoms with E-state index in [0.717, 1.165) is 18.0 Å². The number of hydrogen-bond donors (Lipinski definition) is 1. The van der Waals surface area contributed by atoms with Gasteiger partial charge in [-0.15, -0.1) is 0 Å². The van der Waals surface area contributed by atoms with E-state index in [0.29, 0.717) is 6.04 Å². The summed E-state index contributed by atoms with van der Waals surface area (Å²) in [6.07, 6.45) is 7.23. The molecule has 1 aromatic carbocycles. The van der Waals surface area contributed by atoms with Crippen LogP contribution in [0.3, 0.4) is 0 Å². The Morgan fingerprint density at radius 3 is 2.89 bits per heavy atom. The first-order valence-electron chi connectivity index (χ1n) is 7.45. The number of benzene rings is 1. The molecule has 2 heteroatoms. The Kier molecular flexibility index (Phi) is 3.79. The first kappa shape index (κ1) is 12.6. The zero-order chi connectivity index (χ0) is 13.1. The van der Waals surface area contributed by atoms with Crippen molar-refractivity contribution in [2.75, 3.05) is 6.54 Å². The lowest BCUT2D eigenvalue weighted by molar-refractivity contribution is 0.476. The Morgan fingerprint density at radius 1 is 1.26 bits per heavy atom. The van der Waals surface area contributed by atoms with Crippen LogP contribution in [0.5, 0.6) is 0 Å². The van der Waals surface area contributed by atoms with Crippen molar-refractivity contribution in [1.82, 2.24) is 10.3 Å². The van der Waals surface area contributed by atoms with Gasteiger partial charge in [0.25, 0.3) is 0 Å². The SMILES string of the molecule is CCCNC(CC1CC1)c1ccnc2ccccc12. The van der Waals surface area contributed by atoms with E-state index < -0.39 is 0 Å². The molecule has 0 radical (unpaired) electrons. The third-order valence-corrected chi connectivity index (χ3v) is 3.96. The highest BCUT2D eigenvalue weighted by Gasteiger charge is 2.26. The number of rotatable bonds is 6. The second-order valence-electron chi connectivity index (χ2n) is 5.60. The molecule has 1 unspecified atom stereocenters. The quantitative estimate of drug-likeness (QED) is 0.840. The van der Waals surface area contributed by atoms with Crippen LogP contribution >= 0.6 is 0 Å². The summed E-state index contributed by atoms with van der Waals surface area (Å²) < 4.78 is 0. The van der Waals surface area contributed by atoms with E-state index in [1.165, 1.54) is 36.6 Å². The summed E-state index contributed by atoms with van der Waals surface area (Å²) in [4.78, 5) is 4.47. The molecule has 1 heterocycles. The minimum atomic E-state index is 0.486. The second kappa shape index (κ2) is 5.70. The molecule has 1 fully saturated rings. The van der Waals surface area contributed by atoms with Crippen molar-refractivity contribution in [2.45, 2.75) is 38.6 Å². The van der Waals surface area contributed by atoms with Gasteiger partial charge in [0.1, 0.15) is 0 Å². The summed E-state index contributed by atoms with van der Waals surface area (Å²) in [5, 5.41) is 5.03. The molecule has 1 saturated carbocycles. The topological polar surface area (TPSA) is 24.9 Å². The summed E-state index contributed by atoms with van der Waals surface area (Å²) in [6.45, 7) is 3.32. The predicted molar refractivity (Wildman–Crippen MR) is 80.1 cm³/mol. The van der Waals surface area contributed by atoms with Crippen molar-refractivity contribution in [2.24, 2.45) is 5.92 Å². The van der Waals surface area contributed by atoms with E-state index in [2.05, 4.69) is 47.6 Å². The van der Waals surface area contributed by atoms with Gasteiger partial charge in [-0.3, -0.25) is 4.98 Å². The number of fused-ring (bicyclic) bond motifs is 1. The molecule has 19 heavy (non-hydrogen) atoms. The van der Waals surface area contributed by atoms with Gasteiger partial charge in [0.15, 0.2) is 0 Å². The second-order valence-corrected chi connectivity index (χ2v) is 5.60. The Morgan fingerprint density at radius 2 is 2.11 bits per heavy atom. The molecule has 0 bridgehead atoms. The molecule has 1 aromatic heterocycles. The molecule has 1 aliphatic rings. The van der Waals surface area contributed by atoms with E-state index >= 15 is 0 Å². The molecular formula is C17H22N2. The van der Waals surface area contributed by atoms with Crippen LogP contribution in [0.1, 0.15) is 44.2 Å². The Hall–Kier alpha value is -1.41. The average molecular weight is 254 g/mol. The lowest BCUT2D eigenvalue weighted by Crippen LogP contribution is -2.23. The molecule has 2 aromatic rings. The highest BCUT2D eigenvalue weighted by molar-refractivity contribution is 5.82. The minimum absolute atomic E-state index is 0.486. The van der Waals surface area contributed by atoms with Crippen molar-refractivity contribution < 1.29 is 0 Å². The predicted octanol–water partition coefficient (Wildman–Crippen LogP) is 4.08. The molecule has 1 aliphatic carbocycles. The van der Waals surface area contributed by atoms with E-state index in [-0.39, 0.29) is 0 Å². The van der Waals surface area contributed by atoms with Crippen LogP contribution in [0.25, 0.3) is 10.9 Å². The normalized spacial score (nSPS) is 16.7. The lowest BCUT2D eigenvalue weighted by Gasteiger charge is -2.20. The minimum Gasteiger partial charge on any atom is -0.310 e. The van der Waals surface area contributed by atoms with Crippen LogP contribution in [-0.4, -0.2) is 11.5 Å². The third-order valence-electron chi connectivity index (χ3n) is 3.96. The maximum absolute atomic E-state index is 4.47. The third kappa shape index (κ3) is 2.95. The van der Waals surface area contributed by atoms with Gasteiger partial charge >= 0.3 is 0 Å². The fourth-order valence-corrected chi connectivity index (χ4v) is 2.75. The summed E-state index contributed by atoms with van der Waals surface area (Å²) in [5.41, 5.74) is 2.53. The summed E-state index contributed by atoms with van der Waals surface area (Å²) in [5.74, 6) is 0.932. The van der Waals surface area contributed by atoms with Crippen molar-refractivity contribution in [1.29, 1.82) is 0 Å². The van der Waals surface area contributed by atoms with Gasteiger partial charge in [0.05, 0.1) is 5.52 Å². The molecule has 0 spiro atoms. The molecular weight excluding hydrogens is 232 g/mol. The van der Waals surface area contributed by atoms with Crippen molar-refractivity contribution >= 4 is 10.9 Å². The van der Waals surface area contributed by atoms with Crippen LogP contribution in [0, 0.1) is 5.92 Å². The highest BCUT2D eigenvalue weighted by Crippen LogP contribution is 2.38. The van der Waals surface area contributed by atoms with E-state index in [4.69, 9.17) is 0 Å². The van der Waals surface area contributed by atoms with Gasteiger partial charge < -0.3 is 5.32 Å². The highest BCUT2D eigenvalue weighted by atomic mass is 14.9. The summed E-state index contributed by atoms with van der Waals surface area (Å²) in [7, 11) is 0. The number of hydrogen-bond acceptors (Lipinski definition) is 2. The van der Waals surface area contributed by atoms with E-state index in [1.54, 1.807) is 0 Å². The van der Waals surface area contributed by atoms with E-state index in [9.17, 15) is 0 Å². The van der Waals surface area contributed by atoms with E-state index in [1.807, 2.05) is 6.20 Å². The van der Waals surface area contributed by atoms with Gasteiger partial charge in [0.2, 0.25) is 0 Å². The average Bonchev–Trinajstić information content (AvgIpc) is 3.27. The zero-order valence-corrected chi connectivity index (χ0v) is 11.6. The van der Waals surface area contributed by atoms with Crippen LogP contribution in [0.15, 0.2) is 36.5 Å². The smallest absolute Gasteiger partial charge is 0.0705 e. The van der Waals surface area contributed by atoms with Crippen molar-refractivity contribution in [3.05, 3.63) is 42.1 Å². The van der Waals surface area contributed by atoms with Crippen molar-refractivity contribution in [3.8, 4) is 0 Å². The number of nitrogens with zero attached hydrogens (tertiary/aromatic N) is 1. The number of aromatic nitrogens is 1. The standard InChI is InChI=1S/C17H22N2/c1-2-10-18-17(12-13-7-8-13)15-9-11-19-16-6-4-3-5-14(15)16/h3-6,9,11,13,17-18H,2,7-8,10,12H2,1H3. The van der Waals surface area contributed by atoms with Crippen LogP contribution in [-0.2, 0) is 0 Å². The number of pyridine rings is 1. The first-order valence-corrected chi connectivity index (χ1v) is 7.45. The molecule has 1 N–H and O–H groups in total. The molecule has 0 saturated heterocycles. The largest absolute Gasteiger partial charge is 0.310 e. The monoisotopic (exact) mass is 254 g/mol. The molecule has 100 valence electrons. The lowest BCUT2D eigenvalue weighted by atomic mass is 9.97. The molecule has 0 amide bonds. The summed E-state index contributed by atoms with van der Waals surface area (Å²) >= 11 is 0. The molecule has 2 nitrogen and oxygen atoms in total. The van der Waals surface area contributed by atoms with Crippen LogP contribution < -0.4 is 5.32 Å². The molecule has 1 atom stereocenters. The van der Waals surface area contributed by atoms with Crippen molar-refractivity contribution in [3.63, 3.8) is 0 Å². The maximum atomic E-state index is 4.47. The van der Waals surface area contributed by atoms with Gasteiger partial charge in [-0.1, -0.05) is 38.0 Å². The Labute approximate surface area is 115 Å². The maximum Gasteiger partial charge on any atom is 0.0705 e. The zero-order valence-electron chi connectivity index (χ0n) is 11.6. The van der Waals surface area contributed by atoms with Crippen LogP contribution in [0.2, 0.25) is 0 Å².